The molecule has 1 N–H and O–H groups in total. The summed E-state index contributed by atoms with van der Waals surface area (Å²) in [6, 6.07) is 8.30. The van der Waals surface area contributed by atoms with Crippen LogP contribution in [0.4, 0.5) is 5.69 Å². The van der Waals surface area contributed by atoms with Crippen molar-refractivity contribution in [1.29, 1.82) is 0 Å². The van der Waals surface area contributed by atoms with E-state index in [-0.39, 0.29) is 5.91 Å². The highest BCUT2D eigenvalue weighted by atomic mass is 16.5. The van der Waals surface area contributed by atoms with Crippen molar-refractivity contribution in [2.24, 2.45) is 0 Å². The van der Waals surface area contributed by atoms with Gasteiger partial charge in [-0.05, 0) is 37.6 Å². The zero-order valence-electron chi connectivity index (χ0n) is 12.2. The lowest BCUT2D eigenvalue weighted by molar-refractivity contribution is -0.117. The van der Waals surface area contributed by atoms with Gasteiger partial charge in [-0.1, -0.05) is 12.1 Å². The molecule has 0 spiro atoms. The quantitative estimate of drug-likeness (QED) is 0.855. The van der Waals surface area contributed by atoms with Crippen molar-refractivity contribution < 1.29 is 9.53 Å². The first-order chi connectivity index (χ1) is 9.70. The fraction of sp³-hybridized carbons (Fsp3) is 0.438. The van der Waals surface area contributed by atoms with Crippen molar-refractivity contribution in [3.8, 4) is 0 Å². The van der Waals surface area contributed by atoms with E-state index in [1.165, 1.54) is 5.69 Å². The minimum absolute atomic E-state index is 0.00949. The Morgan fingerprint density at radius 1 is 1.30 bits per heavy atom. The molecule has 1 heterocycles. The number of amides is 1. The van der Waals surface area contributed by atoms with E-state index >= 15 is 0 Å². The van der Waals surface area contributed by atoms with Gasteiger partial charge in [0.2, 0.25) is 5.91 Å². The number of carbonyl (C=O) groups is 1. The van der Waals surface area contributed by atoms with Gasteiger partial charge in [0.05, 0.1) is 13.2 Å². The number of likely N-dealkylation sites (N-methyl/N-ethyl adjacent to an activating group) is 1. The summed E-state index contributed by atoms with van der Waals surface area (Å²) < 4.78 is 5.35. The largest absolute Gasteiger partial charge is 0.378 e. The van der Waals surface area contributed by atoms with Crippen LogP contribution >= 0.6 is 0 Å². The van der Waals surface area contributed by atoms with Gasteiger partial charge in [-0.3, -0.25) is 4.79 Å². The maximum Gasteiger partial charge on any atom is 0.246 e. The molecule has 20 heavy (non-hydrogen) atoms. The van der Waals surface area contributed by atoms with Crippen molar-refractivity contribution in [3.05, 3.63) is 35.4 Å². The third-order valence-electron chi connectivity index (χ3n) is 3.35. The van der Waals surface area contributed by atoms with Crippen LogP contribution in [0.25, 0.3) is 6.08 Å². The predicted octanol–water partition coefficient (Wildman–Crippen LogP) is 2.06. The zero-order valence-corrected chi connectivity index (χ0v) is 12.2. The first-order valence-electron chi connectivity index (χ1n) is 7.10. The normalized spacial score (nSPS) is 16.1. The van der Waals surface area contributed by atoms with Gasteiger partial charge < -0.3 is 15.0 Å². The average molecular weight is 274 g/mol. The summed E-state index contributed by atoms with van der Waals surface area (Å²) in [5.74, 6) is -0.00949. The molecule has 1 amide bonds. The SMILES string of the molecule is CCNC(=O)/C(C)=C\c1ccc(N2CCOCC2)cc1. The van der Waals surface area contributed by atoms with E-state index in [1.807, 2.05) is 32.1 Å². The minimum atomic E-state index is -0.00949. The molecule has 1 aromatic rings. The maximum absolute atomic E-state index is 11.7. The third-order valence-corrected chi connectivity index (χ3v) is 3.35. The highest BCUT2D eigenvalue weighted by molar-refractivity contribution is 5.97. The Balaban J connectivity index is 2.04. The Hall–Kier alpha value is -1.81. The molecular formula is C16H22N2O2. The van der Waals surface area contributed by atoms with E-state index in [0.717, 1.165) is 37.4 Å². The Morgan fingerprint density at radius 2 is 1.95 bits per heavy atom. The molecule has 1 saturated heterocycles. The van der Waals surface area contributed by atoms with Crippen LogP contribution in [0, 0.1) is 0 Å². The van der Waals surface area contributed by atoms with Crippen molar-refractivity contribution in [3.63, 3.8) is 0 Å². The van der Waals surface area contributed by atoms with E-state index in [4.69, 9.17) is 4.74 Å². The molecule has 1 aromatic carbocycles. The van der Waals surface area contributed by atoms with Crippen LogP contribution in [-0.4, -0.2) is 38.8 Å². The molecule has 1 fully saturated rings. The van der Waals surface area contributed by atoms with Crippen LogP contribution in [0.15, 0.2) is 29.8 Å². The Labute approximate surface area is 120 Å². The molecule has 4 nitrogen and oxygen atoms in total. The lowest BCUT2D eigenvalue weighted by atomic mass is 10.1. The lowest BCUT2D eigenvalue weighted by Gasteiger charge is -2.28. The van der Waals surface area contributed by atoms with E-state index in [2.05, 4.69) is 22.3 Å². The second kappa shape index (κ2) is 7.10. The molecule has 0 aliphatic carbocycles. The van der Waals surface area contributed by atoms with Crippen LogP contribution in [0.3, 0.4) is 0 Å². The Morgan fingerprint density at radius 3 is 2.55 bits per heavy atom. The van der Waals surface area contributed by atoms with Gasteiger partial charge in [0.1, 0.15) is 0 Å². The number of carbonyl (C=O) groups excluding carboxylic acids is 1. The van der Waals surface area contributed by atoms with E-state index in [9.17, 15) is 4.79 Å². The van der Waals surface area contributed by atoms with E-state index < -0.39 is 0 Å². The van der Waals surface area contributed by atoms with E-state index in [1.54, 1.807) is 0 Å². The molecular weight excluding hydrogens is 252 g/mol. The molecule has 0 bridgehead atoms. The second-order valence-corrected chi connectivity index (χ2v) is 4.88. The first-order valence-corrected chi connectivity index (χ1v) is 7.10. The minimum Gasteiger partial charge on any atom is -0.378 e. The van der Waals surface area contributed by atoms with Crippen LogP contribution in [0.5, 0.6) is 0 Å². The zero-order chi connectivity index (χ0) is 14.4. The fourth-order valence-electron chi connectivity index (χ4n) is 2.22. The molecule has 0 saturated carbocycles. The number of anilines is 1. The molecule has 0 aromatic heterocycles. The molecule has 4 heteroatoms. The molecule has 0 radical (unpaired) electrons. The van der Waals surface area contributed by atoms with Crippen molar-refractivity contribution >= 4 is 17.7 Å². The standard InChI is InChI=1S/C16H22N2O2/c1-3-17-16(19)13(2)12-14-4-6-15(7-5-14)18-8-10-20-11-9-18/h4-7,12H,3,8-11H2,1-2H3,(H,17,19)/b13-12-. The van der Waals surface area contributed by atoms with Crippen LogP contribution in [0.2, 0.25) is 0 Å². The highest BCUT2D eigenvalue weighted by Crippen LogP contribution is 2.18. The summed E-state index contributed by atoms with van der Waals surface area (Å²) in [7, 11) is 0. The van der Waals surface area contributed by atoms with Gasteiger partial charge >= 0.3 is 0 Å². The third kappa shape index (κ3) is 3.84. The molecule has 1 aliphatic heterocycles. The summed E-state index contributed by atoms with van der Waals surface area (Å²) in [6.07, 6.45) is 1.91. The highest BCUT2D eigenvalue weighted by Gasteiger charge is 2.10. The number of benzene rings is 1. The Bertz CT molecular complexity index is 474. The monoisotopic (exact) mass is 274 g/mol. The number of rotatable bonds is 4. The fourth-order valence-corrected chi connectivity index (χ4v) is 2.22. The van der Waals surface area contributed by atoms with Gasteiger partial charge in [-0.15, -0.1) is 0 Å². The van der Waals surface area contributed by atoms with Crippen molar-refractivity contribution in [2.45, 2.75) is 13.8 Å². The summed E-state index contributed by atoms with van der Waals surface area (Å²) in [4.78, 5) is 14.0. The van der Waals surface area contributed by atoms with Gasteiger partial charge in [0.25, 0.3) is 0 Å². The summed E-state index contributed by atoms with van der Waals surface area (Å²) in [5, 5.41) is 2.80. The van der Waals surface area contributed by atoms with Crippen LogP contribution < -0.4 is 10.2 Å². The van der Waals surface area contributed by atoms with Gasteiger partial charge in [-0.2, -0.15) is 0 Å². The van der Waals surface area contributed by atoms with Crippen LogP contribution in [0.1, 0.15) is 19.4 Å². The van der Waals surface area contributed by atoms with Gasteiger partial charge in [0, 0.05) is 30.9 Å². The topological polar surface area (TPSA) is 41.6 Å². The van der Waals surface area contributed by atoms with Crippen LogP contribution in [-0.2, 0) is 9.53 Å². The van der Waals surface area contributed by atoms with E-state index in [0.29, 0.717) is 6.54 Å². The smallest absolute Gasteiger partial charge is 0.246 e. The maximum atomic E-state index is 11.7. The molecule has 108 valence electrons. The molecule has 1 aliphatic rings. The summed E-state index contributed by atoms with van der Waals surface area (Å²) in [5.41, 5.74) is 2.98. The molecule has 0 unspecified atom stereocenters. The summed E-state index contributed by atoms with van der Waals surface area (Å²) in [6.45, 7) is 7.86. The van der Waals surface area contributed by atoms with Crippen molar-refractivity contribution in [1.82, 2.24) is 5.32 Å². The van der Waals surface area contributed by atoms with Gasteiger partial charge in [-0.25, -0.2) is 0 Å². The number of nitrogens with one attached hydrogen (secondary N) is 1. The number of ether oxygens (including phenoxy) is 1. The molecule has 2 rings (SSSR count). The number of hydrogen-bond acceptors (Lipinski definition) is 3. The molecule has 0 atom stereocenters. The first kappa shape index (κ1) is 14.6. The number of nitrogens with zero attached hydrogens (tertiary/aromatic N) is 1. The number of hydrogen-bond donors (Lipinski definition) is 1. The predicted molar refractivity (Wildman–Crippen MR) is 81.8 cm³/mol. The van der Waals surface area contributed by atoms with Crippen molar-refractivity contribution in [2.75, 3.05) is 37.7 Å². The summed E-state index contributed by atoms with van der Waals surface area (Å²) >= 11 is 0. The Kier molecular flexibility index (Phi) is 5.18. The van der Waals surface area contributed by atoms with Gasteiger partial charge in [0.15, 0.2) is 0 Å². The second-order valence-electron chi connectivity index (χ2n) is 4.88. The average Bonchev–Trinajstić information content (AvgIpc) is 2.49. The lowest BCUT2D eigenvalue weighted by Crippen LogP contribution is -2.36. The number of morpholine rings is 1.